The summed E-state index contributed by atoms with van der Waals surface area (Å²) in [5.74, 6) is 1.34. The predicted octanol–water partition coefficient (Wildman–Crippen LogP) is 3.42. The highest BCUT2D eigenvalue weighted by atomic mass is 16.5. The third kappa shape index (κ3) is 2.96. The minimum Gasteiger partial charge on any atom is -0.497 e. The number of carbonyl (C=O) groups excluding carboxylic acids is 1. The summed E-state index contributed by atoms with van der Waals surface area (Å²) >= 11 is 0. The Hall–Kier alpha value is -2.75. The van der Waals surface area contributed by atoms with Gasteiger partial charge in [-0.15, -0.1) is 0 Å². The lowest BCUT2D eigenvalue weighted by Gasteiger charge is -2.18. The average molecular weight is 295 g/mol. The zero-order valence-electron chi connectivity index (χ0n) is 12.6. The molecule has 0 spiro atoms. The molecular formula is C18H17NO3. The Labute approximate surface area is 129 Å². The van der Waals surface area contributed by atoms with E-state index in [1.54, 1.807) is 7.11 Å². The molecule has 0 unspecified atom stereocenters. The number of carbonyl (C=O) groups is 1. The SMILES string of the molecule is COc1ccc2c(c1)C=C(C(=O)Nc1ccc(C)cc1)CO2. The van der Waals surface area contributed by atoms with E-state index in [-0.39, 0.29) is 12.5 Å². The minimum atomic E-state index is -0.155. The second-order valence-electron chi connectivity index (χ2n) is 5.18. The number of ether oxygens (including phenoxy) is 2. The first-order valence-electron chi connectivity index (χ1n) is 7.05. The first-order chi connectivity index (χ1) is 10.7. The van der Waals surface area contributed by atoms with E-state index in [4.69, 9.17) is 9.47 Å². The van der Waals surface area contributed by atoms with Crippen LogP contribution < -0.4 is 14.8 Å². The molecule has 2 aromatic carbocycles. The summed E-state index contributed by atoms with van der Waals surface area (Å²) in [5, 5.41) is 2.88. The van der Waals surface area contributed by atoms with Crippen molar-refractivity contribution >= 4 is 17.7 Å². The van der Waals surface area contributed by atoms with Crippen LogP contribution in [0.4, 0.5) is 5.69 Å². The van der Waals surface area contributed by atoms with Gasteiger partial charge in [-0.1, -0.05) is 17.7 Å². The summed E-state index contributed by atoms with van der Waals surface area (Å²) in [4.78, 5) is 12.3. The van der Waals surface area contributed by atoms with Gasteiger partial charge in [0.2, 0.25) is 0 Å². The number of aryl methyl sites for hydroxylation is 1. The molecule has 2 aromatic rings. The molecule has 1 aliphatic heterocycles. The number of hydrogen-bond acceptors (Lipinski definition) is 3. The van der Waals surface area contributed by atoms with Crippen LogP contribution in [0.3, 0.4) is 0 Å². The number of methoxy groups -OCH3 is 1. The lowest BCUT2D eigenvalue weighted by atomic mass is 10.1. The van der Waals surface area contributed by atoms with E-state index in [2.05, 4.69) is 5.32 Å². The van der Waals surface area contributed by atoms with Gasteiger partial charge < -0.3 is 14.8 Å². The highest BCUT2D eigenvalue weighted by Crippen LogP contribution is 2.30. The first kappa shape index (κ1) is 14.2. The number of hydrogen-bond donors (Lipinski definition) is 1. The van der Waals surface area contributed by atoms with Gasteiger partial charge in [-0.05, 0) is 43.3 Å². The first-order valence-corrected chi connectivity index (χ1v) is 7.05. The van der Waals surface area contributed by atoms with Crippen LogP contribution in [0.2, 0.25) is 0 Å². The van der Waals surface area contributed by atoms with Crippen LogP contribution in [-0.2, 0) is 4.79 Å². The summed E-state index contributed by atoms with van der Waals surface area (Å²) in [7, 11) is 1.61. The quantitative estimate of drug-likeness (QED) is 0.944. The summed E-state index contributed by atoms with van der Waals surface area (Å²) in [6.45, 7) is 2.27. The van der Waals surface area contributed by atoms with Gasteiger partial charge in [0, 0.05) is 11.3 Å². The maximum absolute atomic E-state index is 12.3. The Morgan fingerprint density at radius 2 is 1.95 bits per heavy atom. The zero-order valence-corrected chi connectivity index (χ0v) is 12.6. The van der Waals surface area contributed by atoms with Gasteiger partial charge >= 0.3 is 0 Å². The molecule has 0 bridgehead atoms. The van der Waals surface area contributed by atoms with Crippen LogP contribution in [0.5, 0.6) is 11.5 Å². The third-order valence-electron chi connectivity index (χ3n) is 3.53. The van der Waals surface area contributed by atoms with Gasteiger partial charge in [0.25, 0.3) is 5.91 Å². The van der Waals surface area contributed by atoms with E-state index in [9.17, 15) is 4.79 Å². The number of rotatable bonds is 3. The van der Waals surface area contributed by atoms with Gasteiger partial charge in [-0.2, -0.15) is 0 Å². The van der Waals surface area contributed by atoms with E-state index in [1.807, 2.05) is 55.5 Å². The van der Waals surface area contributed by atoms with E-state index < -0.39 is 0 Å². The Morgan fingerprint density at radius 1 is 1.18 bits per heavy atom. The van der Waals surface area contributed by atoms with Crippen LogP contribution in [0.25, 0.3) is 6.08 Å². The molecule has 22 heavy (non-hydrogen) atoms. The third-order valence-corrected chi connectivity index (χ3v) is 3.53. The molecule has 0 fully saturated rings. The second-order valence-corrected chi connectivity index (χ2v) is 5.18. The van der Waals surface area contributed by atoms with Crippen molar-refractivity contribution in [2.24, 2.45) is 0 Å². The molecule has 0 aromatic heterocycles. The molecule has 0 saturated heterocycles. The van der Waals surface area contributed by atoms with Crippen molar-refractivity contribution in [2.75, 3.05) is 19.0 Å². The summed E-state index contributed by atoms with van der Waals surface area (Å²) in [6.07, 6.45) is 1.84. The van der Waals surface area contributed by atoms with Crippen LogP contribution in [-0.4, -0.2) is 19.6 Å². The van der Waals surface area contributed by atoms with Crippen LogP contribution in [0.15, 0.2) is 48.0 Å². The van der Waals surface area contributed by atoms with Crippen LogP contribution in [0, 0.1) is 6.92 Å². The normalized spacial score (nSPS) is 12.7. The lowest BCUT2D eigenvalue weighted by molar-refractivity contribution is -0.113. The Morgan fingerprint density at radius 3 is 2.68 bits per heavy atom. The number of nitrogens with one attached hydrogen (secondary N) is 1. The van der Waals surface area contributed by atoms with E-state index in [0.29, 0.717) is 5.57 Å². The van der Waals surface area contributed by atoms with E-state index in [0.717, 1.165) is 28.3 Å². The minimum absolute atomic E-state index is 0.155. The van der Waals surface area contributed by atoms with Crippen LogP contribution in [0.1, 0.15) is 11.1 Å². The topological polar surface area (TPSA) is 47.6 Å². The Kier molecular flexibility index (Phi) is 3.83. The highest BCUT2D eigenvalue weighted by Gasteiger charge is 2.17. The van der Waals surface area contributed by atoms with Crippen molar-refractivity contribution in [3.8, 4) is 11.5 Å². The predicted molar refractivity (Wildman–Crippen MR) is 86.3 cm³/mol. The van der Waals surface area contributed by atoms with E-state index in [1.165, 1.54) is 0 Å². The zero-order chi connectivity index (χ0) is 15.5. The van der Waals surface area contributed by atoms with Crippen molar-refractivity contribution in [2.45, 2.75) is 6.92 Å². The maximum Gasteiger partial charge on any atom is 0.255 e. The van der Waals surface area contributed by atoms with Crippen LogP contribution >= 0.6 is 0 Å². The number of benzene rings is 2. The fourth-order valence-electron chi connectivity index (χ4n) is 2.26. The van der Waals surface area contributed by atoms with Crippen molar-refractivity contribution in [3.63, 3.8) is 0 Å². The molecule has 1 heterocycles. The smallest absolute Gasteiger partial charge is 0.255 e. The molecule has 0 aliphatic carbocycles. The molecule has 4 nitrogen and oxygen atoms in total. The molecule has 112 valence electrons. The van der Waals surface area contributed by atoms with E-state index >= 15 is 0 Å². The Balaban J connectivity index is 1.80. The van der Waals surface area contributed by atoms with Gasteiger partial charge in [0.1, 0.15) is 18.1 Å². The monoisotopic (exact) mass is 295 g/mol. The number of anilines is 1. The molecule has 3 rings (SSSR count). The summed E-state index contributed by atoms with van der Waals surface area (Å²) in [6, 6.07) is 13.2. The van der Waals surface area contributed by atoms with Gasteiger partial charge in [-0.3, -0.25) is 4.79 Å². The molecule has 0 atom stereocenters. The molecule has 1 N–H and O–H groups in total. The van der Waals surface area contributed by atoms with Crippen molar-refractivity contribution in [1.29, 1.82) is 0 Å². The maximum atomic E-state index is 12.3. The molecule has 1 amide bonds. The second kappa shape index (κ2) is 5.93. The van der Waals surface area contributed by atoms with Gasteiger partial charge in [-0.25, -0.2) is 0 Å². The molecule has 0 saturated carbocycles. The standard InChI is InChI=1S/C18H17NO3/c1-12-3-5-15(6-4-12)19-18(20)14-9-13-10-16(21-2)7-8-17(13)22-11-14/h3-10H,11H2,1-2H3,(H,19,20). The summed E-state index contributed by atoms with van der Waals surface area (Å²) < 4.78 is 10.8. The Bertz CT molecular complexity index is 732. The fraction of sp³-hybridized carbons (Fsp3) is 0.167. The van der Waals surface area contributed by atoms with Crippen molar-refractivity contribution in [3.05, 3.63) is 59.2 Å². The largest absolute Gasteiger partial charge is 0.497 e. The van der Waals surface area contributed by atoms with Crippen molar-refractivity contribution in [1.82, 2.24) is 0 Å². The van der Waals surface area contributed by atoms with Gasteiger partial charge in [0.05, 0.1) is 12.7 Å². The number of amides is 1. The molecule has 1 aliphatic rings. The molecule has 0 radical (unpaired) electrons. The lowest BCUT2D eigenvalue weighted by Crippen LogP contribution is -2.21. The molecule has 4 heteroatoms. The van der Waals surface area contributed by atoms with Gasteiger partial charge in [0.15, 0.2) is 0 Å². The van der Waals surface area contributed by atoms with Crippen molar-refractivity contribution < 1.29 is 14.3 Å². The average Bonchev–Trinajstić information content (AvgIpc) is 2.55. The molecular weight excluding hydrogens is 278 g/mol. The number of fused-ring (bicyclic) bond motifs is 1. The highest BCUT2D eigenvalue weighted by molar-refractivity contribution is 6.07. The summed E-state index contributed by atoms with van der Waals surface area (Å²) in [5.41, 5.74) is 3.35. The fourth-order valence-corrected chi connectivity index (χ4v) is 2.26.